The largest absolute Gasteiger partial charge is 0.322 e. The second-order valence-electron chi connectivity index (χ2n) is 6.21. The van der Waals surface area contributed by atoms with Crippen LogP contribution in [0.15, 0.2) is 18.5 Å². The van der Waals surface area contributed by atoms with E-state index in [1.165, 1.54) is 0 Å². The molecule has 3 heterocycles. The number of likely N-dealkylation sites (tertiary alicyclic amines) is 1. The molecule has 1 atom stereocenters. The van der Waals surface area contributed by atoms with Crippen LogP contribution in [-0.4, -0.2) is 49.5 Å². The van der Waals surface area contributed by atoms with E-state index in [9.17, 15) is 4.79 Å². The second-order valence-corrected chi connectivity index (χ2v) is 6.21. The van der Waals surface area contributed by atoms with E-state index in [1.807, 2.05) is 37.8 Å². The molecule has 1 fully saturated rings. The zero-order chi connectivity index (χ0) is 16.4. The zero-order valence-corrected chi connectivity index (χ0v) is 14.0. The Kier molecular flexibility index (Phi) is 4.47. The Morgan fingerprint density at radius 3 is 2.91 bits per heavy atom. The quantitative estimate of drug-likeness (QED) is 0.904. The Hall–Kier alpha value is -2.15. The molecule has 1 amide bonds. The van der Waals surface area contributed by atoms with Gasteiger partial charge in [0.25, 0.3) is 0 Å². The number of nitrogens with zero attached hydrogens (tertiary/aromatic N) is 5. The Bertz CT molecular complexity index is 675. The molecule has 0 spiro atoms. The van der Waals surface area contributed by atoms with E-state index in [1.54, 1.807) is 10.9 Å². The van der Waals surface area contributed by atoms with E-state index in [0.29, 0.717) is 12.6 Å². The molecule has 0 saturated carbocycles. The summed E-state index contributed by atoms with van der Waals surface area (Å²) in [5.74, 6) is 0.0246. The Morgan fingerprint density at radius 1 is 1.43 bits per heavy atom. The molecule has 124 valence electrons. The number of aromatic nitrogens is 4. The lowest BCUT2D eigenvalue weighted by Crippen LogP contribution is -2.39. The van der Waals surface area contributed by atoms with Gasteiger partial charge in [-0.2, -0.15) is 10.2 Å². The van der Waals surface area contributed by atoms with Gasteiger partial charge in [0, 0.05) is 25.5 Å². The monoisotopic (exact) mass is 316 g/mol. The molecular formula is C16H24N6O. The van der Waals surface area contributed by atoms with Crippen molar-refractivity contribution in [2.45, 2.75) is 39.3 Å². The highest BCUT2D eigenvalue weighted by atomic mass is 16.2. The first-order valence-electron chi connectivity index (χ1n) is 8.06. The van der Waals surface area contributed by atoms with Gasteiger partial charge < -0.3 is 5.32 Å². The lowest BCUT2D eigenvalue weighted by Gasteiger charge is -2.23. The molecule has 1 unspecified atom stereocenters. The van der Waals surface area contributed by atoms with E-state index in [2.05, 4.69) is 20.4 Å². The minimum absolute atomic E-state index is 0.0246. The molecule has 0 aromatic carbocycles. The van der Waals surface area contributed by atoms with Crippen LogP contribution < -0.4 is 5.32 Å². The predicted octanol–water partition coefficient (Wildman–Crippen LogP) is 1.34. The van der Waals surface area contributed by atoms with Crippen molar-refractivity contribution in [2.75, 3.05) is 18.4 Å². The fourth-order valence-electron chi connectivity index (χ4n) is 3.25. The number of anilines is 1. The highest BCUT2D eigenvalue weighted by Gasteiger charge is 2.27. The van der Waals surface area contributed by atoms with Crippen LogP contribution >= 0.6 is 0 Å². The SMILES string of the molecule is Cc1nn(C)c(C)c1NC(=O)CN1CCCC1Cn1cccn1. The highest BCUT2D eigenvalue weighted by Crippen LogP contribution is 2.20. The van der Waals surface area contributed by atoms with Gasteiger partial charge in [-0.25, -0.2) is 0 Å². The lowest BCUT2D eigenvalue weighted by molar-refractivity contribution is -0.117. The summed E-state index contributed by atoms with van der Waals surface area (Å²) in [5, 5.41) is 11.6. The van der Waals surface area contributed by atoms with E-state index in [4.69, 9.17) is 0 Å². The van der Waals surface area contributed by atoms with Crippen LogP contribution in [0.4, 0.5) is 5.69 Å². The molecule has 2 aromatic rings. The molecule has 1 aliphatic rings. The maximum Gasteiger partial charge on any atom is 0.238 e. The molecule has 7 heteroatoms. The molecular weight excluding hydrogens is 292 g/mol. The molecule has 23 heavy (non-hydrogen) atoms. The van der Waals surface area contributed by atoms with Crippen molar-refractivity contribution in [3.05, 3.63) is 29.8 Å². The van der Waals surface area contributed by atoms with Crippen molar-refractivity contribution in [1.29, 1.82) is 0 Å². The number of rotatable bonds is 5. The topological polar surface area (TPSA) is 68.0 Å². The Morgan fingerprint density at radius 2 is 2.26 bits per heavy atom. The predicted molar refractivity (Wildman–Crippen MR) is 88.1 cm³/mol. The summed E-state index contributed by atoms with van der Waals surface area (Å²) in [7, 11) is 1.89. The summed E-state index contributed by atoms with van der Waals surface area (Å²) in [6, 6.07) is 2.30. The van der Waals surface area contributed by atoms with Crippen LogP contribution in [-0.2, 0) is 18.4 Å². The van der Waals surface area contributed by atoms with E-state index >= 15 is 0 Å². The van der Waals surface area contributed by atoms with Gasteiger partial charge in [0.15, 0.2) is 0 Å². The van der Waals surface area contributed by atoms with Crippen molar-refractivity contribution in [3.8, 4) is 0 Å². The number of carbonyl (C=O) groups is 1. The summed E-state index contributed by atoms with van der Waals surface area (Å²) < 4.78 is 3.73. The molecule has 0 aliphatic carbocycles. The molecule has 1 N–H and O–H groups in total. The van der Waals surface area contributed by atoms with Gasteiger partial charge in [-0.1, -0.05) is 0 Å². The summed E-state index contributed by atoms with van der Waals surface area (Å²) in [6.45, 7) is 6.10. The molecule has 2 aromatic heterocycles. The fraction of sp³-hybridized carbons (Fsp3) is 0.562. The molecule has 0 bridgehead atoms. The first-order chi connectivity index (χ1) is 11.0. The van der Waals surface area contributed by atoms with Gasteiger partial charge in [-0.3, -0.25) is 19.1 Å². The third-order valence-corrected chi connectivity index (χ3v) is 4.58. The summed E-state index contributed by atoms with van der Waals surface area (Å²) in [6.07, 6.45) is 6.00. The highest BCUT2D eigenvalue weighted by molar-refractivity contribution is 5.93. The van der Waals surface area contributed by atoms with Crippen molar-refractivity contribution in [3.63, 3.8) is 0 Å². The van der Waals surface area contributed by atoms with Crippen LogP contribution in [0.5, 0.6) is 0 Å². The molecule has 1 saturated heterocycles. The van der Waals surface area contributed by atoms with Gasteiger partial charge in [0.1, 0.15) is 0 Å². The average molecular weight is 316 g/mol. The number of hydrogen-bond acceptors (Lipinski definition) is 4. The molecule has 7 nitrogen and oxygen atoms in total. The van der Waals surface area contributed by atoms with E-state index < -0.39 is 0 Å². The minimum Gasteiger partial charge on any atom is -0.322 e. The van der Waals surface area contributed by atoms with Crippen LogP contribution in [0.2, 0.25) is 0 Å². The number of nitrogens with one attached hydrogen (secondary N) is 1. The van der Waals surface area contributed by atoms with Crippen LogP contribution in [0.25, 0.3) is 0 Å². The first-order valence-corrected chi connectivity index (χ1v) is 8.06. The van der Waals surface area contributed by atoms with E-state index in [0.717, 1.165) is 43.0 Å². The van der Waals surface area contributed by atoms with Crippen molar-refractivity contribution in [2.24, 2.45) is 7.05 Å². The van der Waals surface area contributed by atoms with Crippen LogP contribution in [0, 0.1) is 13.8 Å². The van der Waals surface area contributed by atoms with Gasteiger partial charge in [0.2, 0.25) is 5.91 Å². The smallest absolute Gasteiger partial charge is 0.238 e. The average Bonchev–Trinajstić information content (AvgIpc) is 3.21. The second kappa shape index (κ2) is 6.54. The van der Waals surface area contributed by atoms with Crippen LogP contribution in [0.3, 0.4) is 0 Å². The third-order valence-electron chi connectivity index (χ3n) is 4.58. The van der Waals surface area contributed by atoms with E-state index in [-0.39, 0.29) is 5.91 Å². The lowest BCUT2D eigenvalue weighted by atomic mass is 10.2. The fourth-order valence-corrected chi connectivity index (χ4v) is 3.25. The maximum absolute atomic E-state index is 12.4. The van der Waals surface area contributed by atoms with Gasteiger partial charge in [0.05, 0.1) is 30.2 Å². The normalized spacial score (nSPS) is 18.5. The van der Waals surface area contributed by atoms with Gasteiger partial charge >= 0.3 is 0 Å². The number of hydrogen-bond donors (Lipinski definition) is 1. The molecule has 3 rings (SSSR count). The first kappa shape index (κ1) is 15.7. The molecule has 1 aliphatic heterocycles. The van der Waals surface area contributed by atoms with Crippen molar-refractivity contribution in [1.82, 2.24) is 24.5 Å². The molecule has 0 radical (unpaired) electrons. The summed E-state index contributed by atoms with van der Waals surface area (Å²) in [5.41, 5.74) is 2.67. The van der Waals surface area contributed by atoms with Crippen molar-refractivity contribution >= 4 is 11.6 Å². The summed E-state index contributed by atoms with van der Waals surface area (Å²) in [4.78, 5) is 14.7. The van der Waals surface area contributed by atoms with Gasteiger partial charge in [-0.05, 0) is 39.3 Å². The van der Waals surface area contributed by atoms with Crippen LogP contribution in [0.1, 0.15) is 24.2 Å². The third kappa shape index (κ3) is 3.44. The number of carbonyl (C=O) groups excluding carboxylic acids is 1. The van der Waals surface area contributed by atoms with Crippen molar-refractivity contribution < 1.29 is 4.79 Å². The number of aryl methyl sites for hydroxylation is 2. The minimum atomic E-state index is 0.0246. The zero-order valence-electron chi connectivity index (χ0n) is 14.0. The Labute approximate surface area is 136 Å². The number of amides is 1. The van der Waals surface area contributed by atoms with Gasteiger partial charge in [-0.15, -0.1) is 0 Å². The Balaban J connectivity index is 1.60. The standard InChI is InChI=1S/C16H24N6O/c1-12-16(13(2)20(3)19-12)18-15(23)11-21-8-4-6-14(21)10-22-9-5-7-17-22/h5,7,9,14H,4,6,8,10-11H2,1-3H3,(H,18,23). The maximum atomic E-state index is 12.4. The summed E-state index contributed by atoms with van der Waals surface area (Å²) >= 11 is 0.